The quantitative estimate of drug-likeness (QED) is 0.696. The first-order valence-corrected chi connectivity index (χ1v) is 10.5. The van der Waals surface area contributed by atoms with E-state index in [1.54, 1.807) is 0 Å². The number of hydrogen-bond donors (Lipinski definition) is 0. The van der Waals surface area contributed by atoms with E-state index < -0.39 is 5.41 Å². The van der Waals surface area contributed by atoms with Gasteiger partial charge in [0.05, 0.1) is 12.0 Å². The van der Waals surface area contributed by atoms with Crippen molar-refractivity contribution in [1.82, 2.24) is 10.1 Å². The maximum Gasteiger partial charge on any atom is 0.312 e. The molecule has 4 rings (SSSR count). The topological polar surface area (TPSA) is 72.6 Å². The van der Waals surface area contributed by atoms with E-state index in [-0.39, 0.29) is 17.8 Å². The maximum absolute atomic E-state index is 12.9. The highest BCUT2D eigenvalue weighted by molar-refractivity contribution is 5.82. The van der Waals surface area contributed by atoms with E-state index in [1.807, 2.05) is 48.2 Å². The molecule has 2 fully saturated rings. The average Bonchev–Trinajstić information content (AvgIpc) is 3.29. The van der Waals surface area contributed by atoms with Gasteiger partial charge in [-0.3, -0.25) is 9.59 Å². The van der Waals surface area contributed by atoms with Crippen LogP contribution in [0.15, 0.2) is 40.9 Å². The summed E-state index contributed by atoms with van der Waals surface area (Å²) in [6.45, 7) is 5.44. The second-order valence-electron chi connectivity index (χ2n) is 8.37. The summed E-state index contributed by atoms with van der Waals surface area (Å²) in [6.07, 6.45) is 2.59. The molecule has 1 aliphatic carbocycles. The van der Waals surface area contributed by atoms with E-state index in [0.29, 0.717) is 50.6 Å². The Labute approximate surface area is 171 Å². The van der Waals surface area contributed by atoms with Crippen molar-refractivity contribution in [2.45, 2.75) is 39.5 Å². The number of aromatic nitrogens is 1. The predicted octanol–water partition coefficient (Wildman–Crippen LogP) is 3.71. The molecular formula is C23H28N2O4. The highest BCUT2D eigenvalue weighted by Crippen LogP contribution is 2.42. The van der Waals surface area contributed by atoms with Gasteiger partial charge in [0.2, 0.25) is 5.91 Å². The first-order valence-electron chi connectivity index (χ1n) is 10.5. The second kappa shape index (κ2) is 8.01. The van der Waals surface area contributed by atoms with Crippen molar-refractivity contribution in [3.63, 3.8) is 0 Å². The minimum atomic E-state index is -0.671. The summed E-state index contributed by atoms with van der Waals surface area (Å²) in [5, 5.41) is 4.18. The van der Waals surface area contributed by atoms with Crippen molar-refractivity contribution in [1.29, 1.82) is 0 Å². The largest absolute Gasteiger partial charge is 0.466 e. The summed E-state index contributed by atoms with van der Waals surface area (Å²) in [7, 11) is 0. The van der Waals surface area contributed by atoms with E-state index >= 15 is 0 Å². The smallest absolute Gasteiger partial charge is 0.312 e. The first kappa shape index (κ1) is 19.7. The molecule has 1 aromatic heterocycles. The molecule has 0 radical (unpaired) electrons. The predicted molar refractivity (Wildman–Crippen MR) is 108 cm³/mol. The van der Waals surface area contributed by atoms with Crippen LogP contribution in [0.1, 0.15) is 38.9 Å². The highest BCUT2D eigenvalue weighted by atomic mass is 16.5. The molecule has 0 bridgehead atoms. The zero-order valence-corrected chi connectivity index (χ0v) is 17.1. The number of piperidine rings is 1. The zero-order chi connectivity index (χ0) is 20.4. The Morgan fingerprint density at radius 2 is 1.93 bits per heavy atom. The number of hydrogen-bond acceptors (Lipinski definition) is 5. The van der Waals surface area contributed by atoms with Gasteiger partial charge in [-0.05, 0) is 32.1 Å². The molecular weight excluding hydrogens is 368 g/mol. The Morgan fingerprint density at radius 3 is 2.55 bits per heavy atom. The molecule has 0 N–H and O–H groups in total. The number of esters is 1. The van der Waals surface area contributed by atoms with E-state index in [9.17, 15) is 9.59 Å². The third-order valence-electron chi connectivity index (χ3n) is 6.31. The number of ether oxygens (including phenoxy) is 1. The summed E-state index contributed by atoms with van der Waals surface area (Å²) in [5.41, 5.74) is 1.07. The first-order chi connectivity index (χ1) is 14.0. The van der Waals surface area contributed by atoms with Crippen LogP contribution < -0.4 is 0 Å². The van der Waals surface area contributed by atoms with Gasteiger partial charge in [-0.25, -0.2) is 0 Å². The van der Waals surface area contributed by atoms with E-state index in [4.69, 9.17) is 9.26 Å². The van der Waals surface area contributed by atoms with Crippen molar-refractivity contribution in [3.05, 3.63) is 42.2 Å². The fourth-order valence-electron chi connectivity index (χ4n) is 4.27. The molecule has 2 aliphatic rings. The Hall–Kier alpha value is -2.63. The van der Waals surface area contributed by atoms with Gasteiger partial charge in [-0.1, -0.05) is 42.4 Å². The van der Waals surface area contributed by atoms with Gasteiger partial charge in [-0.15, -0.1) is 0 Å². The lowest BCUT2D eigenvalue weighted by atomic mass is 9.74. The van der Waals surface area contributed by atoms with E-state index in [1.165, 1.54) is 0 Å². The van der Waals surface area contributed by atoms with Crippen LogP contribution in [-0.2, 0) is 20.7 Å². The lowest BCUT2D eigenvalue weighted by Gasteiger charge is -2.39. The molecule has 2 heterocycles. The molecule has 1 saturated carbocycles. The number of carbonyl (C=O) groups is 2. The molecule has 1 aromatic carbocycles. The van der Waals surface area contributed by atoms with E-state index in [0.717, 1.165) is 17.7 Å². The number of nitrogens with zero attached hydrogens (tertiary/aromatic N) is 2. The van der Waals surface area contributed by atoms with Crippen molar-refractivity contribution in [3.8, 4) is 11.3 Å². The minimum Gasteiger partial charge on any atom is -0.466 e. The van der Waals surface area contributed by atoms with Gasteiger partial charge < -0.3 is 14.2 Å². The number of likely N-dealkylation sites (tertiary alicyclic amines) is 1. The Balaban J connectivity index is 1.49. The van der Waals surface area contributed by atoms with Gasteiger partial charge in [0.1, 0.15) is 11.5 Å². The highest BCUT2D eigenvalue weighted by Gasteiger charge is 2.47. The molecule has 0 spiro atoms. The molecule has 29 heavy (non-hydrogen) atoms. The van der Waals surface area contributed by atoms with Crippen molar-refractivity contribution in [2.24, 2.45) is 17.3 Å². The third kappa shape index (κ3) is 4.07. The summed E-state index contributed by atoms with van der Waals surface area (Å²) in [6, 6.07) is 11.7. The monoisotopic (exact) mass is 396 g/mol. The van der Waals surface area contributed by atoms with Crippen LogP contribution >= 0.6 is 0 Å². The summed E-state index contributed by atoms with van der Waals surface area (Å²) < 4.78 is 11.0. The second-order valence-corrected chi connectivity index (χ2v) is 8.37. The SMILES string of the molecule is CCOC(=O)C1(Cc2cc(-c3ccccc3)no2)CCN(C(=O)C2CC2C)CC1. The van der Waals surface area contributed by atoms with Gasteiger partial charge >= 0.3 is 5.97 Å². The van der Waals surface area contributed by atoms with Crippen molar-refractivity contribution >= 4 is 11.9 Å². The molecule has 6 nitrogen and oxygen atoms in total. The minimum absolute atomic E-state index is 0.174. The Bertz CT molecular complexity index is 868. The molecule has 154 valence electrons. The molecule has 6 heteroatoms. The molecule has 2 unspecified atom stereocenters. The van der Waals surface area contributed by atoms with Gasteiger partial charge in [0.25, 0.3) is 0 Å². The van der Waals surface area contributed by atoms with Crippen LogP contribution in [0.3, 0.4) is 0 Å². The number of amides is 1. The molecule has 1 saturated heterocycles. The summed E-state index contributed by atoms with van der Waals surface area (Å²) in [5.74, 6) is 1.37. The van der Waals surface area contributed by atoms with Gasteiger partial charge in [0.15, 0.2) is 0 Å². The van der Waals surface area contributed by atoms with Gasteiger partial charge in [0, 0.05) is 37.1 Å². The fraction of sp³-hybridized carbons (Fsp3) is 0.522. The fourth-order valence-corrected chi connectivity index (χ4v) is 4.27. The Kier molecular flexibility index (Phi) is 5.43. The van der Waals surface area contributed by atoms with E-state index in [2.05, 4.69) is 12.1 Å². The average molecular weight is 396 g/mol. The Morgan fingerprint density at radius 1 is 1.24 bits per heavy atom. The lowest BCUT2D eigenvalue weighted by molar-refractivity contribution is -0.160. The van der Waals surface area contributed by atoms with Gasteiger partial charge in [-0.2, -0.15) is 0 Å². The van der Waals surface area contributed by atoms with Crippen LogP contribution in [-0.4, -0.2) is 41.6 Å². The van der Waals surface area contributed by atoms with Crippen LogP contribution in [0.4, 0.5) is 0 Å². The lowest BCUT2D eigenvalue weighted by Crippen LogP contribution is -2.48. The van der Waals surface area contributed by atoms with Crippen LogP contribution in [0.5, 0.6) is 0 Å². The van der Waals surface area contributed by atoms with Crippen LogP contribution in [0, 0.1) is 17.3 Å². The molecule has 1 aliphatic heterocycles. The molecule has 2 aromatic rings. The molecule has 1 amide bonds. The number of benzene rings is 1. The maximum atomic E-state index is 12.9. The standard InChI is InChI=1S/C23H28N2O4/c1-3-28-22(27)23(9-11-25(12-10-23)21(26)19-13-16(19)2)15-18-14-20(24-29-18)17-7-5-4-6-8-17/h4-8,14,16,19H,3,9-13,15H2,1-2H3. The number of rotatable bonds is 6. The van der Waals surface area contributed by atoms with Crippen molar-refractivity contribution < 1.29 is 18.8 Å². The zero-order valence-electron chi connectivity index (χ0n) is 17.1. The summed E-state index contributed by atoms with van der Waals surface area (Å²) >= 11 is 0. The third-order valence-corrected chi connectivity index (χ3v) is 6.31. The van der Waals surface area contributed by atoms with Crippen LogP contribution in [0.2, 0.25) is 0 Å². The van der Waals surface area contributed by atoms with Crippen LogP contribution in [0.25, 0.3) is 11.3 Å². The normalized spacial score (nSPS) is 22.9. The summed E-state index contributed by atoms with van der Waals surface area (Å²) in [4.78, 5) is 27.4. The number of carbonyl (C=O) groups excluding carboxylic acids is 2. The van der Waals surface area contributed by atoms with Crippen molar-refractivity contribution in [2.75, 3.05) is 19.7 Å². The molecule has 2 atom stereocenters.